The zero-order valence-electron chi connectivity index (χ0n) is 19.2. The molecule has 4 heterocycles. The van der Waals surface area contributed by atoms with Gasteiger partial charge in [0.1, 0.15) is 11.6 Å². The second-order valence-corrected chi connectivity index (χ2v) is 10.2. The molecule has 5 rings (SSSR count). The van der Waals surface area contributed by atoms with Gasteiger partial charge in [0, 0.05) is 38.8 Å². The van der Waals surface area contributed by atoms with Gasteiger partial charge in [0.05, 0.1) is 28.0 Å². The first-order chi connectivity index (χ1) is 16.9. The largest absolute Gasteiger partial charge is 0.392 e. The molecule has 1 aromatic carbocycles. The van der Waals surface area contributed by atoms with Gasteiger partial charge in [-0.25, -0.2) is 9.37 Å². The van der Waals surface area contributed by atoms with Crippen LogP contribution < -0.4 is 16.2 Å². The average molecular weight is 498 g/mol. The quantitative estimate of drug-likeness (QED) is 0.460. The Morgan fingerprint density at radius 1 is 1.14 bits per heavy atom. The Labute approximate surface area is 206 Å². The van der Waals surface area contributed by atoms with E-state index in [4.69, 9.17) is 0 Å². The Kier molecular flexibility index (Phi) is 7.14. The number of carbonyl (C=O) groups is 1. The maximum Gasteiger partial charge on any atom is 0.251 e. The molecule has 184 valence electrons. The first-order valence-corrected chi connectivity index (χ1v) is 12.8. The summed E-state index contributed by atoms with van der Waals surface area (Å²) >= 11 is 1.49. The van der Waals surface area contributed by atoms with Crippen LogP contribution in [-0.2, 0) is 17.9 Å². The minimum atomic E-state index is -0.439. The molecule has 2 aliphatic heterocycles. The maximum atomic E-state index is 13.8. The smallest absolute Gasteiger partial charge is 0.251 e. The van der Waals surface area contributed by atoms with Crippen molar-refractivity contribution in [1.82, 2.24) is 19.8 Å². The Balaban J connectivity index is 1.17. The van der Waals surface area contributed by atoms with E-state index in [1.54, 1.807) is 16.7 Å². The second kappa shape index (κ2) is 10.4. The Bertz CT molecular complexity index is 1300. The number of aromatic nitrogens is 2. The van der Waals surface area contributed by atoms with E-state index in [-0.39, 0.29) is 23.2 Å². The third-order valence-electron chi connectivity index (χ3n) is 6.46. The molecule has 3 aromatic rings. The summed E-state index contributed by atoms with van der Waals surface area (Å²) in [7, 11) is 0. The van der Waals surface area contributed by atoms with Crippen molar-refractivity contribution >= 4 is 34.4 Å². The molecule has 1 fully saturated rings. The fourth-order valence-electron chi connectivity index (χ4n) is 4.84. The molecule has 8 nitrogen and oxygen atoms in total. The van der Waals surface area contributed by atoms with Gasteiger partial charge in [-0.3, -0.25) is 14.5 Å². The van der Waals surface area contributed by atoms with E-state index in [1.807, 2.05) is 12.1 Å². The van der Waals surface area contributed by atoms with Crippen molar-refractivity contribution in [1.29, 1.82) is 0 Å². The van der Waals surface area contributed by atoms with Crippen LogP contribution in [0.4, 0.5) is 10.2 Å². The molecule has 1 amide bonds. The average Bonchev–Trinajstić information content (AvgIpc) is 2.83. The van der Waals surface area contributed by atoms with Gasteiger partial charge >= 0.3 is 0 Å². The highest BCUT2D eigenvalue weighted by Crippen LogP contribution is 2.29. The van der Waals surface area contributed by atoms with Gasteiger partial charge in [0.25, 0.3) is 5.56 Å². The minimum absolute atomic E-state index is 0.0349. The number of aliphatic hydroxyl groups excluding tert-OH is 1. The van der Waals surface area contributed by atoms with Gasteiger partial charge in [0.2, 0.25) is 5.91 Å². The molecular formula is C25H28FN5O3S. The number of nitrogens with one attached hydrogen (secondary N) is 2. The number of thioether (sulfide) groups is 1. The lowest BCUT2D eigenvalue weighted by Gasteiger charge is -2.36. The number of hydrogen-bond acceptors (Lipinski definition) is 7. The highest BCUT2D eigenvalue weighted by atomic mass is 32.2. The number of anilines is 1. The standard InChI is InChI=1S/C25H28FN5O3S/c26-18-3-1-17-2-6-24(34)31(21(17)10-18)8-7-30-13-16(9-20(32)14-30)11-27-12-19-4-5-22-25(28-19)29-23(33)15-35-22/h1-6,10,16,20,27,32H,7-9,11-15H2,(H,28,29,33)/t16-,20-/m0/s1. The molecule has 1 saturated heterocycles. The maximum absolute atomic E-state index is 13.8. The summed E-state index contributed by atoms with van der Waals surface area (Å²) in [6.45, 7) is 3.64. The summed E-state index contributed by atoms with van der Waals surface area (Å²) in [6, 6.07) is 11.6. The molecule has 10 heteroatoms. The van der Waals surface area contributed by atoms with Gasteiger partial charge in [-0.05, 0) is 60.7 Å². The van der Waals surface area contributed by atoms with Crippen molar-refractivity contribution in [2.24, 2.45) is 5.92 Å². The molecule has 0 spiro atoms. The number of rotatable bonds is 7. The number of likely N-dealkylation sites (tertiary alicyclic amines) is 1. The number of pyridine rings is 2. The molecule has 0 radical (unpaired) electrons. The molecule has 0 bridgehead atoms. The van der Waals surface area contributed by atoms with Crippen LogP contribution in [0.5, 0.6) is 0 Å². The SMILES string of the molecule is O=C1CSc2ccc(CNC[C@@H]3C[C@H](O)CN(CCn4c(=O)ccc5ccc(F)cc54)C3)nc2N1. The molecule has 0 saturated carbocycles. The van der Waals surface area contributed by atoms with E-state index >= 15 is 0 Å². The van der Waals surface area contributed by atoms with Crippen LogP contribution in [0.25, 0.3) is 10.9 Å². The monoisotopic (exact) mass is 497 g/mol. The topological polar surface area (TPSA) is 99.5 Å². The second-order valence-electron chi connectivity index (χ2n) is 9.16. The number of piperidine rings is 1. The summed E-state index contributed by atoms with van der Waals surface area (Å²) in [5.41, 5.74) is 1.27. The van der Waals surface area contributed by atoms with Crippen molar-refractivity contribution in [2.75, 3.05) is 37.2 Å². The molecule has 0 unspecified atom stereocenters. The zero-order chi connectivity index (χ0) is 24.4. The fourth-order valence-corrected chi connectivity index (χ4v) is 5.60. The lowest BCUT2D eigenvalue weighted by atomic mass is 9.96. The Hall–Kier alpha value is -2.79. The van der Waals surface area contributed by atoms with Crippen molar-refractivity contribution < 1.29 is 14.3 Å². The number of fused-ring (bicyclic) bond motifs is 2. The van der Waals surface area contributed by atoms with Crippen LogP contribution in [0.3, 0.4) is 0 Å². The number of hydrogen-bond donors (Lipinski definition) is 3. The van der Waals surface area contributed by atoms with E-state index in [0.717, 1.165) is 22.5 Å². The van der Waals surface area contributed by atoms with Crippen LogP contribution >= 0.6 is 11.8 Å². The van der Waals surface area contributed by atoms with Crippen molar-refractivity contribution in [2.45, 2.75) is 30.5 Å². The Morgan fingerprint density at radius 2 is 2.00 bits per heavy atom. The summed E-state index contributed by atoms with van der Waals surface area (Å²) < 4.78 is 15.4. The molecule has 3 N–H and O–H groups in total. The number of β-amino-alcohol motifs (C(OH)–C–C–N with tert-alkyl or cyclic N) is 1. The first kappa shape index (κ1) is 23.9. The van der Waals surface area contributed by atoms with Crippen molar-refractivity contribution in [3.8, 4) is 0 Å². The summed E-state index contributed by atoms with van der Waals surface area (Å²) in [4.78, 5) is 31.8. The molecule has 0 aliphatic carbocycles. The van der Waals surface area contributed by atoms with Gasteiger partial charge in [-0.15, -0.1) is 11.8 Å². The van der Waals surface area contributed by atoms with E-state index < -0.39 is 6.10 Å². The van der Waals surface area contributed by atoms with Crippen LogP contribution in [-0.4, -0.2) is 63.5 Å². The van der Waals surface area contributed by atoms with E-state index in [1.165, 1.54) is 30.0 Å². The number of benzene rings is 1. The van der Waals surface area contributed by atoms with Crippen LogP contribution in [0.2, 0.25) is 0 Å². The third kappa shape index (κ3) is 5.72. The predicted octanol–water partition coefficient (Wildman–Crippen LogP) is 2.05. The predicted molar refractivity (Wildman–Crippen MR) is 134 cm³/mol. The van der Waals surface area contributed by atoms with Crippen LogP contribution in [0.15, 0.2) is 52.2 Å². The number of halogens is 1. The van der Waals surface area contributed by atoms with E-state index in [2.05, 4.69) is 20.5 Å². The van der Waals surface area contributed by atoms with E-state index in [9.17, 15) is 19.1 Å². The van der Waals surface area contributed by atoms with Gasteiger partial charge < -0.3 is 20.3 Å². The van der Waals surface area contributed by atoms with Gasteiger partial charge in [-0.2, -0.15) is 0 Å². The molecule has 2 aromatic heterocycles. The lowest BCUT2D eigenvalue weighted by Crippen LogP contribution is -2.47. The zero-order valence-corrected chi connectivity index (χ0v) is 20.1. The normalized spacial score (nSPS) is 20.6. The van der Waals surface area contributed by atoms with Crippen LogP contribution in [0, 0.1) is 11.7 Å². The minimum Gasteiger partial charge on any atom is -0.392 e. The lowest BCUT2D eigenvalue weighted by molar-refractivity contribution is -0.113. The first-order valence-electron chi connectivity index (χ1n) is 11.8. The van der Waals surface area contributed by atoms with Gasteiger partial charge in [-0.1, -0.05) is 0 Å². The number of aliphatic hydroxyl groups is 1. The fraction of sp³-hybridized carbons (Fsp3) is 0.400. The van der Waals surface area contributed by atoms with Gasteiger partial charge in [0.15, 0.2) is 0 Å². The number of nitrogens with zero attached hydrogens (tertiary/aromatic N) is 3. The number of carbonyl (C=O) groups excluding carboxylic acids is 1. The molecule has 35 heavy (non-hydrogen) atoms. The Morgan fingerprint density at radius 3 is 2.89 bits per heavy atom. The van der Waals surface area contributed by atoms with E-state index in [0.29, 0.717) is 56.2 Å². The van der Waals surface area contributed by atoms with Crippen molar-refractivity contribution in [3.05, 3.63) is 64.3 Å². The molecule has 2 aliphatic rings. The van der Waals surface area contributed by atoms with Crippen molar-refractivity contribution in [3.63, 3.8) is 0 Å². The summed E-state index contributed by atoms with van der Waals surface area (Å²) in [5.74, 6) is 0.874. The number of amides is 1. The summed E-state index contributed by atoms with van der Waals surface area (Å²) in [6.07, 6.45) is 0.263. The summed E-state index contributed by atoms with van der Waals surface area (Å²) in [5, 5.41) is 17.5. The third-order valence-corrected chi connectivity index (χ3v) is 7.50. The molecular weight excluding hydrogens is 469 g/mol. The highest BCUT2D eigenvalue weighted by Gasteiger charge is 2.26. The molecule has 2 atom stereocenters. The highest BCUT2D eigenvalue weighted by molar-refractivity contribution is 8.00. The van der Waals surface area contributed by atoms with Crippen LogP contribution in [0.1, 0.15) is 12.1 Å².